The van der Waals surface area contributed by atoms with E-state index >= 15 is 0 Å². The molecular weight excluding hydrogens is 388 g/mol. The first-order chi connectivity index (χ1) is 14.0. The van der Waals surface area contributed by atoms with E-state index in [0.717, 1.165) is 11.3 Å². The number of aryl methyl sites for hydroxylation is 1. The van der Waals surface area contributed by atoms with E-state index in [9.17, 15) is 13.2 Å². The van der Waals surface area contributed by atoms with Crippen molar-refractivity contribution in [2.75, 3.05) is 10.0 Å². The maximum Gasteiger partial charge on any atom is 0.261 e. The van der Waals surface area contributed by atoms with E-state index in [2.05, 4.69) is 20.3 Å². The van der Waals surface area contributed by atoms with Gasteiger partial charge in [0.05, 0.1) is 16.3 Å². The van der Waals surface area contributed by atoms with Crippen molar-refractivity contribution in [3.63, 3.8) is 0 Å². The van der Waals surface area contributed by atoms with Crippen LogP contribution in [-0.2, 0) is 21.2 Å². The van der Waals surface area contributed by atoms with Crippen molar-refractivity contribution in [3.8, 4) is 0 Å². The molecule has 4 rings (SSSR count). The molecule has 3 aromatic rings. The Morgan fingerprint density at radius 3 is 2.24 bits per heavy atom. The third-order valence-electron chi connectivity index (χ3n) is 4.44. The molecule has 1 amide bonds. The summed E-state index contributed by atoms with van der Waals surface area (Å²) >= 11 is 0. The molecule has 3 aromatic carbocycles. The largest absolute Gasteiger partial charge is 0.326 e. The molecule has 0 aliphatic carbocycles. The van der Waals surface area contributed by atoms with Crippen molar-refractivity contribution < 1.29 is 13.2 Å². The van der Waals surface area contributed by atoms with Gasteiger partial charge in [0.1, 0.15) is 0 Å². The number of anilines is 2. The molecule has 0 unspecified atom stereocenters. The van der Waals surface area contributed by atoms with Gasteiger partial charge in [0, 0.05) is 17.8 Å². The number of carbonyl (C=O) groups is 1. The normalized spacial score (nSPS) is 13.7. The molecule has 0 fully saturated rings. The van der Waals surface area contributed by atoms with Gasteiger partial charge in [0.2, 0.25) is 5.91 Å². The molecule has 0 bridgehead atoms. The Bertz CT molecular complexity index is 1170. The number of carbonyl (C=O) groups excluding carboxylic acids is 1. The Morgan fingerprint density at radius 2 is 1.52 bits per heavy atom. The zero-order chi connectivity index (χ0) is 20.3. The van der Waals surface area contributed by atoms with E-state index in [4.69, 9.17) is 0 Å². The lowest BCUT2D eigenvalue weighted by atomic mass is 10.0. The van der Waals surface area contributed by atoms with Crippen LogP contribution in [-0.4, -0.2) is 14.3 Å². The number of sulfonamides is 1. The average molecular weight is 406 g/mol. The third kappa shape index (κ3) is 4.49. The molecule has 1 aliphatic rings. The second kappa shape index (κ2) is 7.84. The maximum absolute atomic E-state index is 12.7. The minimum Gasteiger partial charge on any atom is -0.326 e. The lowest BCUT2D eigenvalue weighted by Gasteiger charge is -2.17. The summed E-state index contributed by atoms with van der Waals surface area (Å²) in [6.07, 6.45) is 0.870. The van der Waals surface area contributed by atoms with Gasteiger partial charge in [-0.2, -0.15) is 10.2 Å². The lowest BCUT2D eigenvalue weighted by Crippen LogP contribution is -2.20. The second-order valence-corrected chi connectivity index (χ2v) is 8.24. The van der Waals surface area contributed by atoms with Gasteiger partial charge in [-0.3, -0.25) is 9.52 Å². The standard InChI is InChI=1S/C21H18N4O3S/c26-21-13-6-15-14-19(11-12-20(15)22-21)29(27,28)25-18-9-7-17(8-10-18)24-23-16-4-2-1-3-5-16/h1-5,7-12,14,25H,6,13H2,(H,22,26). The zero-order valence-corrected chi connectivity index (χ0v) is 16.2. The number of azo groups is 1. The fraction of sp³-hybridized carbons (Fsp3) is 0.0952. The van der Waals surface area contributed by atoms with Crippen molar-refractivity contribution in [2.45, 2.75) is 17.7 Å². The first-order valence-electron chi connectivity index (χ1n) is 9.02. The second-order valence-electron chi connectivity index (χ2n) is 6.56. The first-order valence-corrected chi connectivity index (χ1v) is 10.5. The molecule has 2 N–H and O–H groups in total. The Hall–Kier alpha value is -3.52. The Kier molecular flexibility index (Phi) is 5.09. The van der Waals surface area contributed by atoms with Crippen molar-refractivity contribution >= 4 is 38.7 Å². The van der Waals surface area contributed by atoms with Gasteiger partial charge in [0.25, 0.3) is 10.0 Å². The molecule has 29 heavy (non-hydrogen) atoms. The van der Waals surface area contributed by atoms with E-state index in [1.165, 1.54) is 6.07 Å². The van der Waals surface area contributed by atoms with Gasteiger partial charge < -0.3 is 5.32 Å². The summed E-state index contributed by atoms with van der Waals surface area (Å²) in [4.78, 5) is 11.6. The number of hydrogen-bond acceptors (Lipinski definition) is 5. The van der Waals surface area contributed by atoms with Crippen LogP contribution >= 0.6 is 0 Å². The van der Waals surface area contributed by atoms with Crippen LogP contribution in [0.4, 0.5) is 22.7 Å². The van der Waals surface area contributed by atoms with Crippen LogP contribution < -0.4 is 10.0 Å². The quantitative estimate of drug-likeness (QED) is 0.596. The summed E-state index contributed by atoms with van der Waals surface area (Å²) < 4.78 is 28.0. The summed E-state index contributed by atoms with van der Waals surface area (Å²) in [5.41, 5.74) is 3.24. The van der Waals surface area contributed by atoms with E-state index < -0.39 is 10.0 Å². The highest BCUT2D eigenvalue weighted by Gasteiger charge is 2.20. The number of nitrogens with zero attached hydrogens (tertiary/aromatic N) is 2. The molecular formula is C21H18N4O3S. The van der Waals surface area contributed by atoms with Crippen LogP contribution in [0.15, 0.2) is 87.9 Å². The van der Waals surface area contributed by atoms with Gasteiger partial charge in [0.15, 0.2) is 0 Å². The van der Waals surface area contributed by atoms with Crippen LogP contribution in [0.5, 0.6) is 0 Å². The molecule has 0 atom stereocenters. The maximum atomic E-state index is 12.7. The van der Waals surface area contributed by atoms with Gasteiger partial charge in [-0.25, -0.2) is 8.42 Å². The van der Waals surface area contributed by atoms with Gasteiger partial charge >= 0.3 is 0 Å². The van der Waals surface area contributed by atoms with Crippen LogP contribution in [0.25, 0.3) is 0 Å². The van der Waals surface area contributed by atoms with Gasteiger partial charge in [-0.15, -0.1) is 0 Å². The number of fused-ring (bicyclic) bond motifs is 1. The van der Waals surface area contributed by atoms with E-state index in [-0.39, 0.29) is 10.8 Å². The molecule has 0 saturated heterocycles. The van der Waals surface area contributed by atoms with Crippen molar-refractivity contribution in [1.82, 2.24) is 0 Å². The minimum absolute atomic E-state index is 0.0595. The Balaban J connectivity index is 1.48. The third-order valence-corrected chi connectivity index (χ3v) is 5.82. The van der Waals surface area contributed by atoms with Crippen LogP contribution in [0.2, 0.25) is 0 Å². The van der Waals surface area contributed by atoms with Crippen molar-refractivity contribution in [3.05, 3.63) is 78.4 Å². The molecule has 1 aliphatic heterocycles. The fourth-order valence-corrected chi connectivity index (χ4v) is 4.06. The van der Waals surface area contributed by atoms with Crippen LogP contribution in [0.1, 0.15) is 12.0 Å². The van der Waals surface area contributed by atoms with Gasteiger partial charge in [-0.1, -0.05) is 18.2 Å². The highest BCUT2D eigenvalue weighted by atomic mass is 32.2. The Labute approximate surface area is 168 Å². The van der Waals surface area contributed by atoms with E-state index in [1.54, 1.807) is 36.4 Å². The molecule has 146 valence electrons. The lowest BCUT2D eigenvalue weighted by molar-refractivity contribution is -0.116. The smallest absolute Gasteiger partial charge is 0.261 e. The number of nitrogens with one attached hydrogen (secondary N) is 2. The highest BCUT2D eigenvalue weighted by molar-refractivity contribution is 7.92. The minimum atomic E-state index is -3.75. The summed E-state index contributed by atoms with van der Waals surface area (Å²) in [6, 6.07) is 20.7. The number of rotatable bonds is 5. The number of hydrogen-bond donors (Lipinski definition) is 2. The summed E-state index contributed by atoms with van der Waals surface area (Å²) in [5, 5.41) is 11.0. The molecule has 0 spiro atoms. The van der Waals surface area contributed by atoms with Crippen molar-refractivity contribution in [2.24, 2.45) is 10.2 Å². The zero-order valence-electron chi connectivity index (χ0n) is 15.4. The van der Waals surface area contributed by atoms with Crippen molar-refractivity contribution in [1.29, 1.82) is 0 Å². The van der Waals surface area contributed by atoms with E-state index in [0.29, 0.717) is 29.9 Å². The molecule has 7 nitrogen and oxygen atoms in total. The van der Waals surface area contributed by atoms with E-state index in [1.807, 2.05) is 30.3 Å². The average Bonchev–Trinajstić information content (AvgIpc) is 2.73. The summed E-state index contributed by atoms with van der Waals surface area (Å²) in [5.74, 6) is -0.0595. The predicted molar refractivity (Wildman–Crippen MR) is 111 cm³/mol. The fourth-order valence-electron chi connectivity index (χ4n) is 2.95. The predicted octanol–water partition coefficient (Wildman–Crippen LogP) is 4.79. The van der Waals surface area contributed by atoms with Gasteiger partial charge in [-0.05, 0) is 66.6 Å². The molecule has 0 aromatic heterocycles. The molecule has 8 heteroatoms. The van der Waals surface area contributed by atoms with Crippen LogP contribution in [0, 0.1) is 0 Å². The number of amides is 1. The summed E-state index contributed by atoms with van der Waals surface area (Å²) in [6.45, 7) is 0. The Morgan fingerprint density at radius 1 is 0.828 bits per heavy atom. The monoisotopic (exact) mass is 406 g/mol. The SMILES string of the molecule is O=C1CCc2cc(S(=O)(=O)Nc3ccc(N=Nc4ccccc4)cc3)ccc2N1. The topological polar surface area (TPSA) is 100.0 Å². The van der Waals surface area contributed by atoms with Crippen LogP contribution in [0.3, 0.4) is 0 Å². The number of benzene rings is 3. The molecule has 1 heterocycles. The highest BCUT2D eigenvalue weighted by Crippen LogP contribution is 2.27. The molecule has 0 saturated carbocycles. The summed E-state index contributed by atoms with van der Waals surface area (Å²) in [7, 11) is -3.75. The molecule has 0 radical (unpaired) electrons. The first kappa shape index (κ1) is 18.8.